The van der Waals surface area contributed by atoms with Crippen LogP contribution in [0, 0.1) is 0 Å². The van der Waals surface area contributed by atoms with Crippen LogP contribution < -0.4 is 9.47 Å². The summed E-state index contributed by atoms with van der Waals surface area (Å²) in [4.78, 5) is 16.5. The fraction of sp³-hybridized carbons (Fsp3) is 0.258. The van der Waals surface area contributed by atoms with Crippen LogP contribution in [0.15, 0.2) is 96.1 Å². The number of hydrogen-bond donors (Lipinski definition) is 0. The van der Waals surface area contributed by atoms with E-state index in [2.05, 4.69) is 72.5 Å². The molecule has 4 heteroatoms. The number of amides is 1. The number of nitrogens with zero attached hydrogens (tertiary/aromatic N) is 1. The van der Waals surface area contributed by atoms with Crippen molar-refractivity contribution in [1.29, 1.82) is 0 Å². The minimum Gasteiger partial charge on any atom is -0.454 e. The molecule has 1 atom stereocenters. The molecule has 0 saturated heterocycles. The molecule has 1 amide bonds. The maximum atomic E-state index is 14.4. The van der Waals surface area contributed by atoms with Gasteiger partial charge in [-0.1, -0.05) is 72.8 Å². The Kier molecular flexibility index (Phi) is 5.65. The van der Waals surface area contributed by atoms with Crippen LogP contribution in [0.4, 0.5) is 0 Å². The lowest BCUT2D eigenvalue weighted by Crippen LogP contribution is -2.42. The first kappa shape index (κ1) is 21.7. The van der Waals surface area contributed by atoms with Crippen LogP contribution in [0.25, 0.3) is 0 Å². The van der Waals surface area contributed by atoms with Crippen molar-refractivity contribution in [2.75, 3.05) is 6.79 Å². The first-order valence-electron chi connectivity index (χ1n) is 12.4. The minimum atomic E-state index is 0.0664. The zero-order valence-electron chi connectivity index (χ0n) is 19.9. The Morgan fingerprint density at radius 1 is 0.914 bits per heavy atom. The van der Waals surface area contributed by atoms with Gasteiger partial charge in [-0.2, -0.15) is 0 Å². The summed E-state index contributed by atoms with van der Waals surface area (Å²) >= 11 is 0. The van der Waals surface area contributed by atoms with E-state index in [1.807, 2.05) is 24.3 Å². The van der Waals surface area contributed by atoms with Gasteiger partial charge in [-0.15, -0.1) is 0 Å². The molecule has 176 valence electrons. The van der Waals surface area contributed by atoms with E-state index in [4.69, 9.17) is 9.47 Å². The number of hydrogen-bond acceptors (Lipinski definition) is 3. The van der Waals surface area contributed by atoms with Crippen LogP contribution in [0.2, 0.25) is 0 Å². The molecule has 0 bridgehead atoms. The van der Waals surface area contributed by atoms with Gasteiger partial charge < -0.3 is 14.4 Å². The molecule has 2 aliphatic carbocycles. The Balaban J connectivity index is 1.37. The summed E-state index contributed by atoms with van der Waals surface area (Å²) in [6.45, 7) is 2.85. The average Bonchev–Trinajstić information content (AvgIpc) is 3.54. The van der Waals surface area contributed by atoms with Gasteiger partial charge in [0.25, 0.3) is 5.91 Å². The highest BCUT2D eigenvalue weighted by Gasteiger charge is 2.35. The molecule has 35 heavy (non-hydrogen) atoms. The highest BCUT2D eigenvalue weighted by atomic mass is 16.7. The summed E-state index contributed by atoms with van der Waals surface area (Å²) in [6, 6.07) is 25.1. The Labute approximate surface area is 206 Å². The van der Waals surface area contributed by atoms with Gasteiger partial charge >= 0.3 is 0 Å². The minimum absolute atomic E-state index is 0.0664. The standard InChI is InChI=1S/C31H29NO3/c1-21-8-7-13-27(23-9-3-2-4-10-23)30(21)31(33)32(26-17-24-11-5-6-12-25(24)18-26)19-22-14-15-28-29(16-22)35-20-34-28/h2-12,14-16,26-27H,13,17-20H2,1H3. The van der Waals surface area contributed by atoms with Crippen LogP contribution in [0.1, 0.15) is 41.5 Å². The lowest BCUT2D eigenvalue weighted by molar-refractivity contribution is -0.130. The molecular weight excluding hydrogens is 434 g/mol. The van der Waals surface area contributed by atoms with Crippen molar-refractivity contribution in [3.05, 3.63) is 118 Å². The van der Waals surface area contributed by atoms with E-state index in [0.717, 1.165) is 47.5 Å². The summed E-state index contributed by atoms with van der Waals surface area (Å²) in [6.07, 6.45) is 6.90. The SMILES string of the molecule is CC1=C(C(=O)N(Cc2ccc3c(c2)OCO3)C2Cc3ccccc3C2)C(c2ccccc2)CC=C1. The molecule has 0 aromatic heterocycles. The number of carbonyl (C=O) groups excluding carboxylic acids is 1. The van der Waals surface area contributed by atoms with Gasteiger partial charge in [0.1, 0.15) is 0 Å². The quantitative estimate of drug-likeness (QED) is 0.468. The second kappa shape index (κ2) is 9.10. The molecule has 0 fully saturated rings. The van der Waals surface area contributed by atoms with Gasteiger partial charge in [0.05, 0.1) is 0 Å². The van der Waals surface area contributed by atoms with E-state index in [1.54, 1.807) is 0 Å². The smallest absolute Gasteiger partial charge is 0.251 e. The Hall–Kier alpha value is -3.79. The van der Waals surface area contributed by atoms with Crippen LogP contribution in [0.3, 0.4) is 0 Å². The summed E-state index contributed by atoms with van der Waals surface area (Å²) in [5.41, 5.74) is 6.90. The number of allylic oxidation sites excluding steroid dienone is 3. The van der Waals surface area contributed by atoms with Crippen molar-refractivity contribution >= 4 is 5.91 Å². The highest BCUT2D eigenvalue weighted by molar-refractivity contribution is 5.97. The molecule has 1 heterocycles. The largest absolute Gasteiger partial charge is 0.454 e. The maximum absolute atomic E-state index is 14.4. The molecule has 0 N–H and O–H groups in total. The number of fused-ring (bicyclic) bond motifs is 2. The Morgan fingerprint density at radius 2 is 1.63 bits per heavy atom. The van der Waals surface area contributed by atoms with E-state index >= 15 is 0 Å². The number of ether oxygens (including phenoxy) is 2. The third-order valence-electron chi connectivity index (χ3n) is 7.47. The summed E-state index contributed by atoms with van der Waals surface area (Å²) < 4.78 is 11.1. The second-order valence-electron chi connectivity index (χ2n) is 9.65. The van der Waals surface area contributed by atoms with Crippen molar-refractivity contribution in [1.82, 2.24) is 4.90 Å². The zero-order chi connectivity index (χ0) is 23.8. The van der Waals surface area contributed by atoms with Crippen LogP contribution in [0.5, 0.6) is 11.5 Å². The van der Waals surface area contributed by atoms with Crippen LogP contribution in [-0.2, 0) is 24.2 Å². The third-order valence-corrected chi connectivity index (χ3v) is 7.47. The molecule has 6 rings (SSSR count). The second-order valence-corrected chi connectivity index (χ2v) is 9.65. The van der Waals surface area contributed by atoms with Gasteiger partial charge in [0, 0.05) is 24.1 Å². The lowest BCUT2D eigenvalue weighted by atomic mass is 9.81. The van der Waals surface area contributed by atoms with Gasteiger partial charge in [-0.25, -0.2) is 0 Å². The topological polar surface area (TPSA) is 38.8 Å². The number of carbonyl (C=O) groups is 1. The first-order valence-corrected chi connectivity index (χ1v) is 12.4. The maximum Gasteiger partial charge on any atom is 0.251 e. The fourth-order valence-corrected chi connectivity index (χ4v) is 5.68. The van der Waals surface area contributed by atoms with Crippen molar-refractivity contribution in [2.24, 2.45) is 0 Å². The summed E-state index contributed by atoms with van der Waals surface area (Å²) in [7, 11) is 0. The molecule has 1 aliphatic heterocycles. The Bertz CT molecular complexity index is 1300. The normalized spacial score (nSPS) is 18.6. The van der Waals surface area contributed by atoms with E-state index < -0.39 is 0 Å². The van der Waals surface area contributed by atoms with Gasteiger partial charge in [-0.05, 0) is 66.1 Å². The van der Waals surface area contributed by atoms with Crippen molar-refractivity contribution in [2.45, 2.75) is 44.7 Å². The molecule has 3 aliphatic rings. The van der Waals surface area contributed by atoms with Crippen LogP contribution >= 0.6 is 0 Å². The van der Waals surface area contributed by atoms with Gasteiger partial charge in [0.2, 0.25) is 6.79 Å². The van der Waals surface area contributed by atoms with E-state index in [9.17, 15) is 4.79 Å². The average molecular weight is 464 g/mol. The summed E-state index contributed by atoms with van der Waals surface area (Å²) in [5, 5.41) is 0. The monoisotopic (exact) mass is 463 g/mol. The molecule has 3 aromatic carbocycles. The van der Waals surface area contributed by atoms with Crippen molar-refractivity contribution in [3.8, 4) is 11.5 Å². The number of rotatable bonds is 5. The van der Waals surface area contributed by atoms with E-state index in [0.29, 0.717) is 6.54 Å². The zero-order valence-corrected chi connectivity index (χ0v) is 19.9. The molecule has 0 spiro atoms. The molecule has 1 unspecified atom stereocenters. The molecule has 0 radical (unpaired) electrons. The predicted octanol–water partition coefficient (Wildman–Crippen LogP) is 5.97. The predicted molar refractivity (Wildman–Crippen MR) is 136 cm³/mol. The van der Waals surface area contributed by atoms with E-state index in [1.165, 1.54) is 16.7 Å². The van der Waals surface area contributed by atoms with Crippen molar-refractivity contribution < 1.29 is 14.3 Å². The molecule has 3 aromatic rings. The molecular formula is C31H29NO3. The van der Waals surface area contributed by atoms with Crippen molar-refractivity contribution in [3.63, 3.8) is 0 Å². The number of benzene rings is 3. The Morgan fingerprint density at radius 3 is 2.40 bits per heavy atom. The highest BCUT2D eigenvalue weighted by Crippen LogP contribution is 2.38. The first-order chi connectivity index (χ1) is 17.2. The van der Waals surface area contributed by atoms with E-state index in [-0.39, 0.29) is 24.7 Å². The third kappa shape index (κ3) is 4.14. The van der Waals surface area contributed by atoms with Crippen LogP contribution in [-0.4, -0.2) is 23.6 Å². The van der Waals surface area contributed by atoms with Gasteiger partial charge in [-0.3, -0.25) is 4.79 Å². The molecule has 4 nitrogen and oxygen atoms in total. The van der Waals surface area contributed by atoms with Gasteiger partial charge in [0.15, 0.2) is 11.5 Å². The molecule has 0 saturated carbocycles. The summed E-state index contributed by atoms with van der Waals surface area (Å²) in [5.74, 6) is 1.72. The fourth-order valence-electron chi connectivity index (χ4n) is 5.68. The lowest BCUT2D eigenvalue weighted by Gasteiger charge is -2.34.